The maximum Gasteiger partial charge on any atom is 0.268 e. The largest absolute Gasteiger partial charge is 0.397 e. The van der Waals surface area contributed by atoms with E-state index < -0.39 is 0 Å². The summed E-state index contributed by atoms with van der Waals surface area (Å²) in [5.74, 6) is 0.510. The fourth-order valence-corrected chi connectivity index (χ4v) is 1.56. The van der Waals surface area contributed by atoms with Crippen LogP contribution >= 0.6 is 0 Å². The number of hydrogen-bond donors (Lipinski definition) is 3. The van der Waals surface area contributed by atoms with Gasteiger partial charge in [-0.05, 0) is 19.9 Å². The molecule has 0 radical (unpaired) electrons. The molecule has 4 N–H and O–H groups in total. The summed E-state index contributed by atoms with van der Waals surface area (Å²) in [4.78, 5) is 14.5. The molecule has 0 spiro atoms. The average Bonchev–Trinajstić information content (AvgIpc) is 2.84. The van der Waals surface area contributed by atoms with E-state index in [4.69, 9.17) is 10.3 Å². The summed E-state index contributed by atoms with van der Waals surface area (Å²) in [5.41, 5.74) is 8.18. The van der Waals surface area contributed by atoms with Gasteiger partial charge in [0.05, 0.1) is 5.69 Å². The van der Waals surface area contributed by atoms with Crippen LogP contribution < -0.4 is 11.1 Å². The first-order valence-electron chi connectivity index (χ1n) is 5.21. The molecule has 0 aromatic carbocycles. The quantitative estimate of drug-likeness (QED) is 0.741. The normalized spacial score (nSPS) is 10.5. The SMILES string of the molecule is Cc1noc(C)c1CNC(=O)c1cc(N)c[nH]1. The van der Waals surface area contributed by atoms with Crippen LogP contribution in [0.1, 0.15) is 27.5 Å². The molecular weight excluding hydrogens is 220 g/mol. The Bertz CT molecular complexity index is 522. The first-order chi connectivity index (χ1) is 8.08. The first kappa shape index (κ1) is 11.3. The van der Waals surface area contributed by atoms with Gasteiger partial charge >= 0.3 is 0 Å². The number of nitrogen functional groups attached to an aromatic ring is 1. The summed E-state index contributed by atoms with van der Waals surface area (Å²) in [5, 5.41) is 6.59. The number of nitrogens with two attached hydrogens (primary N) is 1. The molecule has 6 nitrogen and oxygen atoms in total. The van der Waals surface area contributed by atoms with Crippen molar-refractivity contribution >= 4 is 11.6 Å². The minimum atomic E-state index is -0.207. The molecule has 0 saturated carbocycles. The van der Waals surface area contributed by atoms with Crippen LogP contribution in [0.15, 0.2) is 16.8 Å². The van der Waals surface area contributed by atoms with E-state index in [1.165, 1.54) is 0 Å². The number of carbonyl (C=O) groups is 1. The fourth-order valence-electron chi connectivity index (χ4n) is 1.56. The minimum absolute atomic E-state index is 0.207. The molecule has 17 heavy (non-hydrogen) atoms. The standard InChI is InChI=1S/C11H14N4O2/c1-6-9(7(2)17-15-6)5-14-11(16)10-3-8(12)4-13-10/h3-4,13H,5,12H2,1-2H3,(H,14,16). The van der Waals surface area contributed by atoms with Crippen molar-refractivity contribution in [2.24, 2.45) is 0 Å². The highest BCUT2D eigenvalue weighted by molar-refractivity contribution is 5.93. The van der Waals surface area contributed by atoms with Crippen LogP contribution in [0.3, 0.4) is 0 Å². The Morgan fingerprint density at radius 1 is 1.59 bits per heavy atom. The van der Waals surface area contributed by atoms with Crippen LogP contribution in [0.4, 0.5) is 5.69 Å². The topological polar surface area (TPSA) is 96.9 Å². The molecule has 0 aliphatic heterocycles. The molecule has 90 valence electrons. The Kier molecular flexibility index (Phi) is 2.86. The van der Waals surface area contributed by atoms with Crippen molar-refractivity contribution in [2.45, 2.75) is 20.4 Å². The number of hydrogen-bond acceptors (Lipinski definition) is 4. The molecule has 0 bridgehead atoms. The summed E-state index contributed by atoms with van der Waals surface area (Å²) >= 11 is 0. The zero-order chi connectivity index (χ0) is 12.4. The Morgan fingerprint density at radius 3 is 2.88 bits per heavy atom. The monoisotopic (exact) mass is 234 g/mol. The van der Waals surface area contributed by atoms with Gasteiger partial charge in [-0.1, -0.05) is 5.16 Å². The molecule has 0 atom stereocenters. The zero-order valence-electron chi connectivity index (χ0n) is 9.70. The Balaban J connectivity index is 2.02. The van der Waals surface area contributed by atoms with Gasteiger partial charge in [0.1, 0.15) is 11.5 Å². The lowest BCUT2D eigenvalue weighted by Crippen LogP contribution is -2.23. The van der Waals surface area contributed by atoms with Crippen molar-refractivity contribution in [3.05, 3.63) is 35.0 Å². The summed E-state index contributed by atoms with van der Waals surface area (Å²) in [7, 11) is 0. The van der Waals surface area contributed by atoms with Gasteiger partial charge < -0.3 is 20.6 Å². The van der Waals surface area contributed by atoms with E-state index in [0.717, 1.165) is 11.3 Å². The predicted molar refractivity (Wildman–Crippen MR) is 62.4 cm³/mol. The number of amides is 1. The highest BCUT2D eigenvalue weighted by Crippen LogP contribution is 2.12. The van der Waals surface area contributed by atoms with Gasteiger partial charge in [0.25, 0.3) is 5.91 Å². The van der Waals surface area contributed by atoms with E-state index in [0.29, 0.717) is 23.7 Å². The fraction of sp³-hybridized carbons (Fsp3) is 0.273. The third kappa shape index (κ3) is 2.30. The lowest BCUT2D eigenvalue weighted by Gasteiger charge is -2.02. The number of nitrogens with one attached hydrogen (secondary N) is 2. The lowest BCUT2D eigenvalue weighted by atomic mass is 10.2. The second kappa shape index (κ2) is 4.32. The zero-order valence-corrected chi connectivity index (χ0v) is 9.70. The van der Waals surface area contributed by atoms with Gasteiger partial charge in [-0.25, -0.2) is 0 Å². The van der Waals surface area contributed by atoms with Crippen molar-refractivity contribution in [3.8, 4) is 0 Å². The number of carbonyl (C=O) groups excluding carboxylic acids is 1. The van der Waals surface area contributed by atoms with E-state index in [1.807, 2.05) is 13.8 Å². The molecule has 0 unspecified atom stereocenters. The third-order valence-electron chi connectivity index (χ3n) is 2.56. The second-order valence-electron chi connectivity index (χ2n) is 3.83. The molecule has 1 amide bonds. The molecule has 2 rings (SSSR count). The third-order valence-corrected chi connectivity index (χ3v) is 2.56. The van der Waals surface area contributed by atoms with Crippen molar-refractivity contribution in [1.82, 2.24) is 15.5 Å². The molecule has 0 aliphatic carbocycles. The first-order valence-corrected chi connectivity index (χ1v) is 5.21. The molecule has 6 heteroatoms. The van der Waals surface area contributed by atoms with Crippen LogP contribution in [0.2, 0.25) is 0 Å². The van der Waals surface area contributed by atoms with E-state index in [-0.39, 0.29) is 5.91 Å². The summed E-state index contributed by atoms with van der Waals surface area (Å²) in [6.07, 6.45) is 1.57. The van der Waals surface area contributed by atoms with Gasteiger partial charge in [0.2, 0.25) is 0 Å². The van der Waals surface area contributed by atoms with Crippen molar-refractivity contribution in [3.63, 3.8) is 0 Å². The van der Waals surface area contributed by atoms with Gasteiger partial charge in [0, 0.05) is 24.0 Å². The average molecular weight is 234 g/mol. The maximum absolute atomic E-state index is 11.7. The molecule has 2 aromatic heterocycles. The summed E-state index contributed by atoms with van der Waals surface area (Å²) in [6, 6.07) is 1.59. The highest BCUT2D eigenvalue weighted by Gasteiger charge is 2.12. The Morgan fingerprint density at radius 2 is 2.35 bits per heavy atom. The molecule has 0 fully saturated rings. The van der Waals surface area contributed by atoms with Crippen LogP contribution in [0.25, 0.3) is 0 Å². The minimum Gasteiger partial charge on any atom is -0.397 e. The summed E-state index contributed by atoms with van der Waals surface area (Å²) in [6.45, 7) is 4.04. The van der Waals surface area contributed by atoms with Gasteiger partial charge in [-0.2, -0.15) is 0 Å². The van der Waals surface area contributed by atoms with Crippen LogP contribution in [-0.4, -0.2) is 16.0 Å². The number of aromatic nitrogens is 2. The van der Waals surface area contributed by atoms with Crippen LogP contribution in [0.5, 0.6) is 0 Å². The molecule has 2 heterocycles. The Labute approximate surface area is 98.2 Å². The van der Waals surface area contributed by atoms with E-state index in [1.54, 1.807) is 12.3 Å². The summed E-state index contributed by atoms with van der Waals surface area (Å²) < 4.78 is 5.01. The van der Waals surface area contributed by atoms with Crippen molar-refractivity contribution < 1.29 is 9.32 Å². The number of aromatic amines is 1. The number of aryl methyl sites for hydroxylation is 2. The lowest BCUT2D eigenvalue weighted by molar-refractivity contribution is 0.0946. The highest BCUT2D eigenvalue weighted by atomic mass is 16.5. The number of nitrogens with zero attached hydrogens (tertiary/aromatic N) is 1. The van der Waals surface area contributed by atoms with Crippen LogP contribution in [0, 0.1) is 13.8 Å². The second-order valence-corrected chi connectivity index (χ2v) is 3.83. The molecule has 0 saturated heterocycles. The van der Waals surface area contributed by atoms with E-state index in [9.17, 15) is 4.79 Å². The maximum atomic E-state index is 11.7. The molecule has 0 aliphatic rings. The predicted octanol–water partition coefficient (Wildman–Crippen LogP) is 1.13. The van der Waals surface area contributed by atoms with Crippen molar-refractivity contribution in [2.75, 3.05) is 5.73 Å². The number of anilines is 1. The Hall–Kier alpha value is -2.24. The molecular formula is C11H14N4O2. The van der Waals surface area contributed by atoms with Gasteiger partial charge in [-0.15, -0.1) is 0 Å². The number of H-pyrrole nitrogens is 1. The van der Waals surface area contributed by atoms with Gasteiger partial charge in [0.15, 0.2) is 0 Å². The van der Waals surface area contributed by atoms with E-state index >= 15 is 0 Å². The number of rotatable bonds is 3. The van der Waals surface area contributed by atoms with E-state index in [2.05, 4.69) is 15.5 Å². The smallest absolute Gasteiger partial charge is 0.268 e. The van der Waals surface area contributed by atoms with Gasteiger partial charge in [-0.3, -0.25) is 4.79 Å². The van der Waals surface area contributed by atoms with Crippen LogP contribution in [-0.2, 0) is 6.54 Å². The molecule has 2 aromatic rings. The van der Waals surface area contributed by atoms with Crippen molar-refractivity contribution in [1.29, 1.82) is 0 Å².